The summed E-state index contributed by atoms with van der Waals surface area (Å²) < 4.78 is 32.0. The first-order chi connectivity index (χ1) is 14.7. The van der Waals surface area contributed by atoms with Crippen molar-refractivity contribution in [3.63, 3.8) is 0 Å². The molecule has 1 amide bonds. The zero-order valence-electron chi connectivity index (χ0n) is 17.2. The maximum atomic E-state index is 12.4. The summed E-state index contributed by atoms with van der Waals surface area (Å²) in [6.07, 6.45) is 0.975. The van der Waals surface area contributed by atoms with Gasteiger partial charge >= 0.3 is 5.97 Å². The molecule has 3 aromatic rings. The van der Waals surface area contributed by atoms with Crippen molar-refractivity contribution in [2.45, 2.75) is 13.8 Å². The molecule has 10 heteroatoms. The lowest BCUT2D eigenvalue weighted by Gasteiger charge is -2.11. The quantitative estimate of drug-likeness (QED) is 0.543. The summed E-state index contributed by atoms with van der Waals surface area (Å²) in [5.41, 5.74) is 2.81. The smallest absolute Gasteiger partial charge is 0.340 e. The maximum Gasteiger partial charge on any atom is 0.340 e. The van der Waals surface area contributed by atoms with Gasteiger partial charge in [0.05, 0.1) is 40.3 Å². The summed E-state index contributed by atoms with van der Waals surface area (Å²) in [5.74, 6) is -1.36. The van der Waals surface area contributed by atoms with Gasteiger partial charge in [0.1, 0.15) is 0 Å². The molecule has 31 heavy (non-hydrogen) atoms. The summed E-state index contributed by atoms with van der Waals surface area (Å²) in [6, 6.07) is 15.5. The van der Waals surface area contributed by atoms with Gasteiger partial charge in [0, 0.05) is 0 Å². The van der Waals surface area contributed by atoms with Gasteiger partial charge in [0.15, 0.2) is 6.61 Å². The van der Waals surface area contributed by atoms with Crippen molar-refractivity contribution in [1.82, 2.24) is 9.78 Å². The Labute approximate surface area is 180 Å². The Balaban J connectivity index is 1.68. The molecule has 0 fully saturated rings. The highest BCUT2D eigenvalue weighted by atomic mass is 32.2. The molecule has 2 aromatic carbocycles. The van der Waals surface area contributed by atoms with Crippen LogP contribution in [0, 0.1) is 13.8 Å². The van der Waals surface area contributed by atoms with Crippen LogP contribution >= 0.6 is 0 Å². The van der Waals surface area contributed by atoms with E-state index in [0.717, 1.165) is 17.6 Å². The van der Waals surface area contributed by atoms with Gasteiger partial charge in [0.2, 0.25) is 10.0 Å². The molecule has 0 radical (unpaired) electrons. The Morgan fingerprint density at radius 2 is 1.68 bits per heavy atom. The molecule has 3 rings (SSSR count). The van der Waals surface area contributed by atoms with Crippen LogP contribution in [0.15, 0.2) is 54.6 Å². The number of carbonyl (C=O) groups excluding carboxylic acids is 2. The highest BCUT2D eigenvalue weighted by Gasteiger charge is 2.19. The highest BCUT2D eigenvalue weighted by Crippen LogP contribution is 2.23. The lowest BCUT2D eigenvalue weighted by Crippen LogP contribution is -2.22. The van der Waals surface area contributed by atoms with Gasteiger partial charge in [0.25, 0.3) is 5.91 Å². The summed E-state index contributed by atoms with van der Waals surface area (Å²) in [7, 11) is -3.58. The second-order valence-corrected chi connectivity index (χ2v) is 8.59. The fraction of sp³-hybridized carbons (Fsp3) is 0.190. The van der Waals surface area contributed by atoms with Crippen LogP contribution < -0.4 is 10.0 Å². The van der Waals surface area contributed by atoms with Gasteiger partial charge < -0.3 is 10.1 Å². The Morgan fingerprint density at radius 1 is 1.03 bits per heavy atom. The molecule has 0 aliphatic carbocycles. The average Bonchev–Trinajstić information content (AvgIpc) is 3.00. The van der Waals surface area contributed by atoms with E-state index in [-0.39, 0.29) is 11.3 Å². The number of nitrogens with one attached hydrogen (secondary N) is 2. The minimum absolute atomic E-state index is 0.00461. The maximum absolute atomic E-state index is 12.4. The van der Waals surface area contributed by atoms with E-state index < -0.39 is 28.5 Å². The first-order valence-corrected chi connectivity index (χ1v) is 11.2. The molecule has 9 nitrogen and oxygen atoms in total. The number of nitrogens with zero attached hydrogens (tertiary/aromatic N) is 2. The van der Waals surface area contributed by atoms with Crippen molar-refractivity contribution in [1.29, 1.82) is 0 Å². The molecular weight excluding hydrogens is 420 g/mol. The molecular formula is C21H22N4O5S. The van der Waals surface area contributed by atoms with E-state index in [4.69, 9.17) is 4.74 Å². The number of esters is 1. The van der Waals surface area contributed by atoms with E-state index in [1.165, 1.54) is 12.1 Å². The van der Waals surface area contributed by atoms with E-state index in [2.05, 4.69) is 15.1 Å². The molecule has 0 aliphatic rings. The number of carbonyl (C=O) groups is 2. The summed E-state index contributed by atoms with van der Waals surface area (Å²) in [5, 5.41) is 7.17. The van der Waals surface area contributed by atoms with Crippen LogP contribution in [0.1, 0.15) is 21.7 Å². The molecule has 1 heterocycles. The Bertz CT molecular complexity index is 1220. The molecule has 0 spiro atoms. The highest BCUT2D eigenvalue weighted by molar-refractivity contribution is 7.92. The number of ether oxygens (including phenoxy) is 1. The molecule has 1 aromatic heterocycles. The molecule has 0 aliphatic heterocycles. The number of benzene rings is 2. The molecule has 0 saturated heterocycles. The summed E-state index contributed by atoms with van der Waals surface area (Å²) in [4.78, 5) is 24.8. The number of sulfonamides is 1. The molecule has 162 valence electrons. The van der Waals surface area contributed by atoms with Crippen LogP contribution in [0.2, 0.25) is 0 Å². The number of anilines is 2. The van der Waals surface area contributed by atoms with Gasteiger partial charge in [-0.2, -0.15) is 5.10 Å². The van der Waals surface area contributed by atoms with E-state index in [0.29, 0.717) is 11.4 Å². The summed E-state index contributed by atoms with van der Waals surface area (Å²) >= 11 is 0. The molecule has 0 saturated carbocycles. The topological polar surface area (TPSA) is 119 Å². The fourth-order valence-corrected chi connectivity index (χ4v) is 3.56. The van der Waals surface area contributed by atoms with Crippen molar-refractivity contribution >= 4 is 33.3 Å². The largest absolute Gasteiger partial charge is 0.452 e. The zero-order chi connectivity index (χ0) is 22.6. The van der Waals surface area contributed by atoms with Gasteiger partial charge in [-0.25, -0.2) is 17.9 Å². The number of hydrogen-bond donors (Lipinski definition) is 2. The summed E-state index contributed by atoms with van der Waals surface area (Å²) in [6.45, 7) is 3.05. The van der Waals surface area contributed by atoms with Crippen LogP contribution in [-0.4, -0.2) is 42.9 Å². The van der Waals surface area contributed by atoms with Gasteiger partial charge in [-0.3, -0.25) is 9.52 Å². The van der Waals surface area contributed by atoms with Crippen LogP contribution in [0.3, 0.4) is 0 Å². The van der Waals surface area contributed by atoms with Crippen LogP contribution in [0.4, 0.5) is 11.4 Å². The minimum Gasteiger partial charge on any atom is -0.452 e. The monoisotopic (exact) mass is 442 g/mol. The van der Waals surface area contributed by atoms with Crippen molar-refractivity contribution in [3.8, 4) is 5.69 Å². The number of para-hydroxylation sites is 2. The lowest BCUT2D eigenvalue weighted by atomic mass is 10.2. The van der Waals surface area contributed by atoms with E-state index >= 15 is 0 Å². The van der Waals surface area contributed by atoms with Gasteiger partial charge in [-0.05, 0) is 38.1 Å². The second kappa shape index (κ2) is 9.00. The van der Waals surface area contributed by atoms with E-state index in [9.17, 15) is 18.0 Å². The predicted molar refractivity (Wildman–Crippen MR) is 117 cm³/mol. The number of aryl methyl sites for hydroxylation is 1. The molecule has 0 bridgehead atoms. The number of amides is 1. The Hall–Kier alpha value is -3.66. The first kappa shape index (κ1) is 22.0. The first-order valence-electron chi connectivity index (χ1n) is 9.31. The Morgan fingerprint density at radius 3 is 2.35 bits per heavy atom. The fourth-order valence-electron chi connectivity index (χ4n) is 2.98. The van der Waals surface area contributed by atoms with Crippen molar-refractivity contribution < 1.29 is 22.7 Å². The van der Waals surface area contributed by atoms with Crippen LogP contribution in [0.25, 0.3) is 5.69 Å². The van der Waals surface area contributed by atoms with Crippen molar-refractivity contribution in [2.24, 2.45) is 0 Å². The predicted octanol–water partition coefficient (Wildman–Crippen LogP) is 2.66. The zero-order valence-corrected chi connectivity index (χ0v) is 18.1. The van der Waals surface area contributed by atoms with Gasteiger partial charge in [-0.15, -0.1) is 0 Å². The molecule has 0 unspecified atom stereocenters. The third-order valence-corrected chi connectivity index (χ3v) is 4.92. The SMILES string of the molecule is Cc1nn(-c2ccccc2)c(C)c1NC(=O)COC(=O)c1ccccc1NS(C)(=O)=O. The molecule has 2 N–H and O–H groups in total. The second-order valence-electron chi connectivity index (χ2n) is 6.84. The van der Waals surface area contributed by atoms with Gasteiger partial charge in [-0.1, -0.05) is 30.3 Å². The molecule has 0 atom stereocenters. The number of aromatic nitrogens is 2. The third-order valence-electron chi connectivity index (χ3n) is 4.33. The number of rotatable bonds is 7. The lowest BCUT2D eigenvalue weighted by molar-refractivity contribution is -0.119. The standard InChI is InChI=1S/C21H22N4O5S/c1-14-20(15(2)25(23-14)16-9-5-4-6-10-16)22-19(26)13-30-21(27)17-11-7-8-12-18(17)24-31(3,28)29/h4-12,24H,13H2,1-3H3,(H,22,26). The normalized spacial score (nSPS) is 11.1. The minimum atomic E-state index is -3.58. The Kier molecular flexibility index (Phi) is 6.40. The van der Waals surface area contributed by atoms with Crippen LogP contribution in [-0.2, 0) is 19.6 Å². The number of hydrogen-bond acceptors (Lipinski definition) is 6. The van der Waals surface area contributed by atoms with E-state index in [1.54, 1.807) is 23.7 Å². The third kappa shape index (κ3) is 5.48. The van der Waals surface area contributed by atoms with E-state index in [1.807, 2.05) is 37.3 Å². The van der Waals surface area contributed by atoms with Crippen molar-refractivity contribution in [2.75, 3.05) is 22.9 Å². The van der Waals surface area contributed by atoms with Crippen molar-refractivity contribution in [3.05, 3.63) is 71.5 Å². The average molecular weight is 442 g/mol. The van der Waals surface area contributed by atoms with Crippen LogP contribution in [0.5, 0.6) is 0 Å².